The van der Waals surface area contributed by atoms with Crippen LogP contribution in [-0.2, 0) is 22.6 Å². The number of furan rings is 1. The Labute approximate surface area is 121 Å². The lowest BCUT2D eigenvalue weighted by Crippen LogP contribution is -2.27. The van der Waals surface area contributed by atoms with Gasteiger partial charge in [-0.15, -0.1) is 0 Å². The molecule has 0 saturated heterocycles. The summed E-state index contributed by atoms with van der Waals surface area (Å²) in [4.78, 5) is 0. The fraction of sp³-hybridized carbons (Fsp3) is 0.750. The van der Waals surface area contributed by atoms with Crippen molar-refractivity contribution in [3.05, 3.63) is 23.7 Å². The third kappa shape index (κ3) is 4.62. The maximum atomic E-state index is 6.00. The quantitative estimate of drug-likeness (QED) is 0.743. The lowest BCUT2D eigenvalue weighted by atomic mass is 9.95. The molecule has 1 heterocycles. The highest BCUT2D eigenvalue weighted by Gasteiger charge is 2.22. The highest BCUT2D eigenvalue weighted by Crippen LogP contribution is 2.24. The van der Waals surface area contributed by atoms with E-state index in [1.54, 1.807) is 13.4 Å². The van der Waals surface area contributed by atoms with Gasteiger partial charge in [-0.1, -0.05) is 6.92 Å². The van der Waals surface area contributed by atoms with Crippen molar-refractivity contribution in [1.82, 2.24) is 5.32 Å². The lowest BCUT2D eigenvalue weighted by Gasteiger charge is -2.28. The van der Waals surface area contributed by atoms with Crippen molar-refractivity contribution in [2.24, 2.45) is 0 Å². The minimum atomic E-state index is 0.301. The molecule has 0 aromatic carbocycles. The van der Waals surface area contributed by atoms with E-state index in [9.17, 15) is 0 Å². The first-order valence-electron chi connectivity index (χ1n) is 7.73. The molecule has 2 atom stereocenters. The maximum Gasteiger partial charge on any atom is 0.133 e. The Morgan fingerprint density at radius 1 is 1.35 bits per heavy atom. The molecule has 0 spiro atoms. The molecule has 2 rings (SSSR count). The van der Waals surface area contributed by atoms with Gasteiger partial charge in [-0.2, -0.15) is 0 Å². The Bertz CT molecular complexity index is 378. The van der Waals surface area contributed by atoms with Crippen LogP contribution < -0.4 is 5.32 Å². The molecule has 1 aromatic heterocycles. The van der Waals surface area contributed by atoms with Gasteiger partial charge in [0.25, 0.3) is 0 Å². The molecule has 0 amide bonds. The summed E-state index contributed by atoms with van der Waals surface area (Å²) >= 11 is 0. The van der Waals surface area contributed by atoms with E-state index in [0.29, 0.717) is 18.8 Å². The molecule has 0 radical (unpaired) electrons. The molecule has 114 valence electrons. The summed E-state index contributed by atoms with van der Waals surface area (Å²) in [6.07, 6.45) is 8.02. The molecule has 0 aliphatic heterocycles. The standard InChI is InChI=1S/C16H27NO3/c1-3-8-17-11-13-7-9-19-16(13)12-20-15-6-4-5-14(10-15)18-2/h7,9,14-15,17H,3-6,8,10-12H2,1-2H3. The number of ether oxygens (including phenoxy) is 2. The second kappa shape index (κ2) is 8.45. The monoisotopic (exact) mass is 281 g/mol. The predicted octanol–water partition coefficient (Wildman–Crippen LogP) is 3.25. The first kappa shape index (κ1) is 15.5. The van der Waals surface area contributed by atoms with Crippen molar-refractivity contribution in [2.75, 3.05) is 13.7 Å². The van der Waals surface area contributed by atoms with Crippen molar-refractivity contribution in [3.8, 4) is 0 Å². The van der Waals surface area contributed by atoms with E-state index in [4.69, 9.17) is 13.9 Å². The van der Waals surface area contributed by atoms with Gasteiger partial charge >= 0.3 is 0 Å². The van der Waals surface area contributed by atoms with Crippen molar-refractivity contribution in [3.63, 3.8) is 0 Å². The van der Waals surface area contributed by atoms with E-state index in [-0.39, 0.29) is 0 Å². The minimum Gasteiger partial charge on any atom is -0.467 e. The number of methoxy groups -OCH3 is 1. The summed E-state index contributed by atoms with van der Waals surface area (Å²) in [6.45, 7) is 4.62. The molecule has 20 heavy (non-hydrogen) atoms. The van der Waals surface area contributed by atoms with Crippen LogP contribution in [0.3, 0.4) is 0 Å². The Morgan fingerprint density at radius 3 is 3.00 bits per heavy atom. The molecule has 1 aliphatic rings. The van der Waals surface area contributed by atoms with Crippen LogP contribution in [0.2, 0.25) is 0 Å². The van der Waals surface area contributed by atoms with Crippen LogP contribution in [-0.4, -0.2) is 25.9 Å². The van der Waals surface area contributed by atoms with Gasteiger partial charge in [-0.05, 0) is 44.7 Å². The molecule has 1 saturated carbocycles. The minimum absolute atomic E-state index is 0.301. The van der Waals surface area contributed by atoms with Gasteiger partial charge in [-0.25, -0.2) is 0 Å². The van der Waals surface area contributed by atoms with Gasteiger partial charge in [0.1, 0.15) is 12.4 Å². The second-order valence-electron chi connectivity index (χ2n) is 5.50. The SMILES string of the molecule is CCCNCc1ccoc1COC1CCCC(OC)C1. The van der Waals surface area contributed by atoms with E-state index in [2.05, 4.69) is 12.2 Å². The average Bonchev–Trinajstić information content (AvgIpc) is 2.93. The van der Waals surface area contributed by atoms with Gasteiger partial charge in [0.15, 0.2) is 0 Å². The van der Waals surface area contributed by atoms with Crippen LogP contribution >= 0.6 is 0 Å². The second-order valence-corrected chi connectivity index (χ2v) is 5.50. The first-order chi connectivity index (χ1) is 9.83. The van der Waals surface area contributed by atoms with Gasteiger partial charge < -0.3 is 19.2 Å². The Morgan fingerprint density at radius 2 is 2.20 bits per heavy atom. The van der Waals surface area contributed by atoms with Crippen LogP contribution in [0.15, 0.2) is 16.7 Å². The highest BCUT2D eigenvalue weighted by atomic mass is 16.5. The van der Waals surface area contributed by atoms with Crippen molar-refractivity contribution in [2.45, 2.75) is 64.4 Å². The van der Waals surface area contributed by atoms with Gasteiger partial charge in [0, 0.05) is 19.2 Å². The van der Waals surface area contributed by atoms with E-state index >= 15 is 0 Å². The summed E-state index contributed by atoms with van der Waals surface area (Å²) in [5.74, 6) is 0.952. The van der Waals surface area contributed by atoms with Crippen LogP contribution in [0.1, 0.15) is 50.4 Å². The Balaban J connectivity index is 1.77. The molecule has 4 heteroatoms. The largest absolute Gasteiger partial charge is 0.467 e. The van der Waals surface area contributed by atoms with Crippen LogP contribution in [0.5, 0.6) is 0 Å². The third-order valence-electron chi connectivity index (χ3n) is 3.94. The average molecular weight is 281 g/mol. The van der Waals surface area contributed by atoms with E-state index < -0.39 is 0 Å². The number of nitrogens with one attached hydrogen (secondary N) is 1. The molecule has 1 N–H and O–H groups in total. The third-order valence-corrected chi connectivity index (χ3v) is 3.94. The fourth-order valence-corrected chi connectivity index (χ4v) is 2.71. The zero-order valence-electron chi connectivity index (χ0n) is 12.7. The topological polar surface area (TPSA) is 43.6 Å². The molecular weight excluding hydrogens is 254 g/mol. The van der Waals surface area contributed by atoms with E-state index in [0.717, 1.165) is 44.5 Å². The van der Waals surface area contributed by atoms with Gasteiger partial charge in [0.05, 0.1) is 18.5 Å². The first-order valence-corrected chi connectivity index (χ1v) is 7.73. The van der Waals surface area contributed by atoms with Crippen LogP contribution in [0.25, 0.3) is 0 Å². The van der Waals surface area contributed by atoms with Crippen LogP contribution in [0.4, 0.5) is 0 Å². The molecule has 1 fully saturated rings. The van der Waals surface area contributed by atoms with E-state index in [1.165, 1.54) is 12.0 Å². The van der Waals surface area contributed by atoms with Crippen molar-refractivity contribution >= 4 is 0 Å². The summed E-state index contributed by atoms with van der Waals surface area (Å²) in [5.41, 5.74) is 1.21. The van der Waals surface area contributed by atoms with Crippen molar-refractivity contribution in [1.29, 1.82) is 0 Å². The smallest absolute Gasteiger partial charge is 0.133 e. The normalized spacial score (nSPS) is 23.1. The van der Waals surface area contributed by atoms with Gasteiger partial charge in [0.2, 0.25) is 0 Å². The summed E-state index contributed by atoms with van der Waals surface area (Å²) in [5, 5.41) is 3.40. The molecule has 1 aliphatic carbocycles. The molecule has 4 nitrogen and oxygen atoms in total. The Kier molecular flexibility index (Phi) is 6.57. The highest BCUT2D eigenvalue weighted by molar-refractivity contribution is 5.16. The van der Waals surface area contributed by atoms with Crippen LogP contribution in [0, 0.1) is 0 Å². The number of hydrogen-bond donors (Lipinski definition) is 1. The predicted molar refractivity (Wildman–Crippen MR) is 78.5 cm³/mol. The van der Waals surface area contributed by atoms with E-state index in [1.807, 2.05) is 6.07 Å². The van der Waals surface area contributed by atoms with Crippen molar-refractivity contribution < 1.29 is 13.9 Å². The zero-order valence-corrected chi connectivity index (χ0v) is 12.7. The molecule has 2 unspecified atom stereocenters. The summed E-state index contributed by atoms with van der Waals surface area (Å²) in [6, 6.07) is 2.03. The lowest BCUT2D eigenvalue weighted by molar-refractivity contribution is -0.0407. The number of rotatable bonds is 8. The Hall–Kier alpha value is -0.840. The molecule has 0 bridgehead atoms. The number of hydrogen-bond acceptors (Lipinski definition) is 4. The maximum absolute atomic E-state index is 6.00. The summed E-state index contributed by atoms with van der Waals surface area (Å²) in [7, 11) is 1.79. The van der Waals surface area contributed by atoms with Gasteiger partial charge in [-0.3, -0.25) is 0 Å². The molecule has 1 aromatic rings. The molecular formula is C16H27NO3. The summed E-state index contributed by atoms with van der Waals surface area (Å²) < 4.78 is 17.0. The fourth-order valence-electron chi connectivity index (χ4n) is 2.71. The zero-order chi connectivity index (χ0) is 14.2.